The monoisotopic (exact) mass is 207 g/mol. The van der Waals surface area contributed by atoms with Crippen LogP contribution in [0.3, 0.4) is 0 Å². The Balaban J connectivity index is 3.54. The zero-order valence-electron chi connectivity index (χ0n) is 5.60. The third kappa shape index (κ3) is 1.44. The van der Waals surface area contributed by atoms with Crippen molar-refractivity contribution in [2.45, 2.75) is 0 Å². The van der Waals surface area contributed by atoms with Gasteiger partial charge in [0.25, 0.3) is 5.56 Å². The van der Waals surface area contributed by atoms with Gasteiger partial charge in [0.1, 0.15) is 5.56 Å². The number of aromatic carboxylic acids is 1. The van der Waals surface area contributed by atoms with E-state index in [2.05, 4.69) is 4.98 Å². The zero-order valence-corrected chi connectivity index (χ0v) is 7.11. The first kappa shape index (κ1) is 9.09. The van der Waals surface area contributed by atoms with Gasteiger partial charge in [0.15, 0.2) is 0 Å². The Labute approximate surface area is 76.7 Å². The maximum absolute atomic E-state index is 10.9. The van der Waals surface area contributed by atoms with E-state index in [0.717, 1.165) is 6.20 Å². The third-order valence-corrected chi connectivity index (χ3v) is 1.99. The predicted molar refractivity (Wildman–Crippen MR) is 44.0 cm³/mol. The van der Waals surface area contributed by atoms with Crippen molar-refractivity contribution in [1.82, 2.24) is 4.98 Å². The highest BCUT2D eigenvalue weighted by Crippen LogP contribution is 2.21. The highest BCUT2D eigenvalue weighted by atomic mass is 35.5. The van der Waals surface area contributed by atoms with Gasteiger partial charge in [0, 0.05) is 6.20 Å². The Morgan fingerprint density at radius 2 is 2.08 bits per heavy atom. The molecule has 0 amide bonds. The minimum atomic E-state index is -1.40. The molecule has 0 aliphatic carbocycles. The number of carboxylic acid groups (broad SMARTS) is 1. The first-order chi connectivity index (χ1) is 5.54. The second-order valence-corrected chi connectivity index (χ2v) is 2.75. The van der Waals surface area contributed by atoms with Crippen LogP contribution in [0.25, 0.3) is 0 Å². The molecule has 0 fully saturated rings. The minimum Gasteiger partial charge on any atom is -0.477 e. The highest BCUT2D eigenvalue weighted by molar-refractivity contribution is 6.43. The standard InChI is InChI=1S/C6H3Cl2NO3/c7-2-1-9-5(10)3(4(2)8)6(11)12/h1H,(H,9,10)(H,11,12). The second-order valence-electron chi connectivity index (χ2n) is 1.96. The summed E-state index contributed by atoms with van der Waals surface area (Å²) in [6.07, 6.45) is 1.14. The third-order valence-electron chi connectivity index (χ3n) is 1.20. The van der Waals surface area contributed by atoms with Crippen LogP contribution in [0.1, 0.15) is 10.4 Å². The Kier molecular flexibility index (Phi) is 2.40. The first-order valence-electron chi connectivity index (χ1n) is 2.84. The quantitative estimate of drug-likeness (QED) is 0.732. The molecule has 6 heteroatoms. The van der Waals surface area contributed by atoms with Crippen molar-refractivity contribution in [2.24, 2.45) is 0 Å². The molecular weight excluding hydrogens is 205 g/mol. The summed E-state index contributed by atoms with van der Waals surface area (Å²) in [5.41, 5.74) is -1.30. The van der Waals surface area contributed by atoms with Crippen LogP contribution in [0, 0.1) is 0 Å². The molecule has 0 saturated carbocycles. The predicted octanol–water partition coefficient (Wildman–Crippen LogP) is 1.38. The Morgan fingerprint density at radius 1 is 1.50 bits per heavy atom. The average molecular weight is 208 g/mol. The van der Waals surface area contributed by atoms with E-state index >= 15 is 0 Å². The summed E-state index contributed by atoms with van der Waals surface area (Å²) in [6.45, 7) is 0. The molecule has 0 saturated heterocycles. The molecule has 0 aromatic carbocycles. The fourth-order valence-electron chi connectivity index (χ4n) is 0.675. The van der Waals surface area contributed by atoms with E-state index in [9.17, 15) is 9.59 Å². The maximum atomic E-state index is 10.9. The van der Waals surface area contributed by atoms with Gasteiger partial charge in [-0.3, -0.25) is 4.79 Å². The normalized spacial score (nSPS) is 9.83. The fourth-order valence-corrected chi connectivity index (χ4v) is 1.04. The number of rotatable bonds is 1. The van der Waals surface area contributed by atoms with E-state index in [4.69, 9.17) is 28.3 Å². The van der Waals surface area contributed by atoms with Crippen molar-refractivity contribution in [3.63, 3.8) is 0 Å². The number of halogens is 2. The molecule has 1 aromatic rings. The first-order valence-corrected chi connectivity index (χ1v) is 3.59. The van der Waals surface area contributed by atoms with Gasteiger partial charge < -0.3 is 10.1 Å². The number of aromatic nitrogens is 1. The van der Waals surface area contributed by atoms with E-state index < -0.39 is 17.1 Å². The van der Waals surface area contributed by atoms with Crippen molar-refractivity contribution in [1.29, 1.82) is 0 Å². The molecule has 0 aliphatic heterocycles. The molecule has 64 valence electrons. The Morgan fingerprint density at radius 3 is 2.50 bits per heavy atom. The number of aromatic amines is 1. The van der Waals surface area contributed by atoms with Crippen LogP contribution in [0.15, 0.2) is 11.0 Å². The van der Waals surface area contributed by atoms with Crippen LogP contribution >= 0.6 is 23.2 Å². The number of H-pyrrole nitrogens is 1. The Hall–Kier alpha value is -1.00. The number of nitrogens with one attached hydrogen (secondary N) is 1. The number of hydrogen-bond donors (Lipinski definition) is 2. The summed E-state index contributed by atoms with van der Waals surface area (Å²) in [5, 5.41) is 8.27. The SMILES string of the molecule is O=C(O)c1c(Cl)c(Cl)c[nH]c1=O. The summed E-state index contributed by atoms with van der Waals surface area (Å²) in [5.74, 6) is -1.40. The lowest BCUT2D eigenvalue weighted by Gasteiger charge is -1.97. The van der Waals surface area contributed by atoms with Gasteiger partial charge in [0.2, 0.25) is 0 Å². The number of carboxylic acids is 1. The Bertz CT molecular complexity index is 385. The molecule has 0 bridgehead atoms. The molecule has 12 heavy (non-hydrogen) atoms. The molecule has 1 heterocycles. The number of hydrogen-bond acceptors (Lipinski definition) is 2. The lowest BCUT2D eigenvalue weighted by molar-refractivity contribution is 0.0695. The van der Waals surface area contributed by atoms with Gasteiger partial charge in [-0.15, -0.1) is 0 Å². The summed E-state index contributed by atoms with van der Waals surface area (Å²) < 4.78 is 0. The lowest BCUT2D eigenvalue weighted by Crippen LogP contribution is -2.17. The molecule has 1 rings (SSSR count). The van der Waals surface area contributed by atoms with Crippen molar-refractivity contribution in [3.05, 3.63) is 32.2 Å². The van der Waals surface area contributed by atoms with Gasteiger partial charge >= 0.3 is 5.97 Å². The molecule has 1 aromatic heterocycles. The summed E-state index contributed by atoms with van der Waals surface area (Å²) in [7, 11) is 0. The molecule has 0 spiro atoms. The molecule has 0 atom stereocenters. The van der Waals surface area contributed by atoms with Gasteiger partial charge in [0.05, 0.1) is 10.0 Å². The number of carbonyl (C=O) groups is 1. The summed E-state index contributed by atoms with van der Waals surface area (Å²) in [6, 6.07) is 0. The molecule has 4 nitrogen and oxygen atoms in total. The fraction of sp³-hybridized carbons (Fsp3) is 0. The van der Waals surface area contributed by atoms with Gasteiger partial charge in [-0.1, -0.05) is 23.2 Å². The van der Waals surface area contributed by atoms with Crippen LogP contribution in [0.5, 0.6) is 0 Å². The van der Waals surface area contributed by atoms with E-state index in [0.29, 0.717) is 0 Å². The molecule has 0 aliphatic rings. The molecule has 0 radical (unpaired) electrons. The highest BCUT2D eigenvalue weighted by Gasteiger charge is 2.15. The van der Waals surface area contributed by atoms with Crippen LogP contribution in [-0.2, 0) is 0 Å². The van der Waals surface area contributed by atoms with E-state index in [-0.39, 0.29) is 10.0 Å². The van der Waals surface area contributed by atoms with Crippen LogP contribution in [0.2, 0.25) is 10.0 Å². The molecular formula is C6H3Cl2NO3. The molecule has 0 unspecified atom stereocenters. The van der Waals surface area contributed by atoms with Crippen molar-refractivity contribution in [2.75, 3.05) is 0 Å². The topological polar surface area (TPSA) is 70.2 Å². The lowest BCUT2D eigenvalue weighted by atomic mass is 10.3. The summed E-state index contributed by atoms with van der Waals surface area (Å²) in [4.78, 5) is 23.4. The zero-order chi connectivity index (χ0) is 9.30. The van der Waals surface area contributed by atoms with E-state index in [1.165, 1.54) is 0 Å². The van der Waals surface area contributed by atoms with E-state index in [1.54, 1.807) is 0 Å². The van der Waals surface area contributed by atoms with Crippen molar-refractivity contribution >= 4 is 29.2 Å². The number of pyridine rings is 1. The second kappa shape index (κ2) is 3.16. The van der Waals surface area contributed by atoms with Crippen LogP contribution in [0.4, 0.5) is 0 Å². The van der Waals surface area contributed by atoms with Gasteiger partial charge in [-0.25, -0.2) is 4.79 Å². The molecule has 2 N–H and O–H groups in total. The van der Waals surface area contributed by atoms with Gasteiger partial charge in [-0.2, -0.15) is 0 Å². The van der Waals surface area contributed by atoms with Crippen molar-refractivity contribution in [3.8, 4) is 0 Å². The maximum Gasteiger partial charge on any atom is 0.342 e. The van der Waals surface area contributed by atoms with Crippen molar-refractivity contribution < 1.29 is 9.90 Å². The minimum absolute atomic E-state index is 0.00802. The average Bonchev–Trinajstić information content (AvgIpc) is 1.97. The van der Waals surface area contributed by atoms with Gasteiger partial charge in [-0.05, 0) is 0 Å². The summed E-state index contributed by atoms with van der Waals surface area (Å²) >= 11 is 10.9. The smallest absolute Gasteiger partial charge is 0.342 e. The largest absolute Gasteiger partial charge is 0.477 e. The van der Waals surface area contributed by atoms with E-state index in [1.807, 2.05) is 0 Å². The van der Waals surface area contributed by atoms with Crippen LogP contribution < -0.4 is 5.56 Å². The van der Waals surface area contributed by atoms with Crippen LogP contribution in [-0.4, -0.2) is 16.1 Å².